The molecule has 1 aromatic heterocycles. The molecule has 1 heterocycles. The van der Waals surface area contributed by atoms with Gasteiger partial charge in [-0.25, -0.2) is 0 Å². The van der Waals surface area contributed by atoms with Crippen LogP contribution in [0.1, 0.15) is 56.3 Å². The van der Waals surface area contributed by atoms with Crippen LogP contribution in [0.3, 0.4) is 0 Å². The van der Waals surface area contributed by atoms with Gasteiger partial charge in [-0.1, -0.05) is 36.5 Å². The predicted molar refractivity (Wildman–Crippen MR) is 121 cm³/mol. The topological polar surface area (TPSA) is 87.9 Å². The van der Waals surface area contributed by atoms with Crippen LogP contribution in [0.5, 0.6) is 5.75 Å². The van der Waals surface area contributed by atoms with Gasteiger partial charge in [-0.05, 0) is 56.0 Å². The first-order valence-electron chi connectivity index (χ1n) is 10.5. The molecule has 7 heteroatoms. The molecule has 0 spiro atoms. The highest BCUT2D eigenvalue weighted by Crippen LogP contribution is 2.40. The number of carbonyl (C=O) groups is 1. The maximum absolute atomic E-state index is 11.9. The van der Waals surface area contributed by atoms with Gasteiger partial charge in [0.1, 0.15) is 21.8 Å². The third-order valence-electron chi connectivity index (χ3n) is 5.29. The second kappa shape index (κ2) is 8.86. The molecule has 4 rings (SSSR count). The largest absolute Gasteiger partial charge is 0.490 e. The maximum Gasteiger partial charge on any atom is 0.220 e. The predicted octanol–water partition coefficient (Wildman–Crippen LogP) is 5.04. The van der Waals surface area contributed by atoms with Crippen LogP contribution in [0.15, 0.2) is 36.4 Å². The Morgan fingerprint density at radius 2 is 2.10 bits per heavy atom. The Bertz CT molecular complexity index is 1160. The summed E-state index contributed by atoms with van der Waals surface area (Å²) in [5.74, 6) is 0.645. The number of amides is 1. The van der Waals surface area contributed by atoms with E-state index in [4.69, 9.17) is 4.74 Å². The van der Waals surface area contributed by atoms with Gasteiger partial charge < -0.3 is 10.1 Å². The fraction of sp³-hybridized carbons (Fsp3) is 0.333. The van der Waals surface area contributed by atoms with Gasteiger partial charge in [0.25, 0.3) is 0 Å². The summed E-state index contributed by atoms with van der Waals surface area (Å²) < 4.78 is 5.71. The molecule has 1 N–H and O–H groups in total. The first kappa shape index (κ1) is 21.0. The maximum atomic E-state index is 11.9. The van der Waals surface area contributed by atoms with E-state index in [0.29, 0.717) is 17.7 Å². The molecule has 31 heavy (non-hydrogen) atoms. The smallest absolute Gasteiger partial charge is 0.220 e. The van der Waals surface area contributed by atoms with E-state index in [1.165, 1.54) is 16.9 Å². The SMILES string of the molecule is CCC(=O)N[C@@H]1CCc2c(-c3nnc(-c4ccc(OC(C)C)c(C#N)c4)s3)cccc21. The summed E-state index contributed by atoms with van der Waals surface area (Å²) in [7, 11) is 0. The van der Waals surface area contributed by atoms with Crippen LogP contribution >= 0.6 is 11.3 Å². The zero-order valence-electron chi connectivity index (χ0n) is 17.8. The van der Waals surface area contributed by atoms with Gasteiger partial charge in [-0.3, -0.25) is 4.79 Å². The molecule has 0 unspecified atom stereocenters. The lowest BCUT2D eigenvalue weighted by Crippen LogP contribution is -2.26. The number of nitrogens with zero attached hydrogens (tertiary/aromatic N) is 3. The first-order valence-corrected chi connectivity index (χ1v) is 11.3. The van der Waals surface area contributed by atoms with Crippen LogP contribution < -0.4 is 10.1 Å². The number of hydrogen-bond donors (Lipinski definition) is 1. The summed E-state index contributed by atoms with van der Waals surface area (Å²) in [5, 5.41) is 23.0. The molecular formula is C24H24N4O2S. The van der Waals surface area contributed by atoms with Crippen molar-refractivity contribution in [1.82, 2.24) is 15.5 Å². The van der Waals surface area contributed by atoms with E-state index in [-0.39, 0.29) is 18.1 Å². The highest BCUT2D eigenvalue weighted by atomic mass is 32.1. The fourth-order valence-electron chi connectivity index (χ4n) is 3.86. The fourth-order valence-corrected chi connectivity index (χ4v) is 4.75. The second-order valence-corrected chi connectivity index (χ2v) is 8.76. The number of hydrogen-bond acceptors (Lipinski definition) is 6. The van der Waals surface area contributed by atoms with Crippen LogP contribution in [-0.2, 0) is 11.2 Å². The molecule has 0 saturated carbocycles. The van der Waals surface area contributed by atoms with E-state index < -0.39 is 0 Å². The average Bonchev–Trinajstić information content (AvgIpc) is 3.41. The molecular weight excluding hydrogens is 408 g/mol. The van der Waals surface area contributed by atoms with Crippen molar-refractivity contribution in [2.75, 3.05) is 0 Å². The highest BCUT2D eigenvalue weighted by Gasteiger charge is 2.27. The summed E-state index contributed by atoms with van der Waals surface area (Å²) >= 11 is 1.50. The third-order valence-corrected chi connectivity index (χ3v) is 6.30. The minimum Gasteiger partial charge on any atom is -0.490 e. The summed E-state index contributed by atoms with van der Waals surface area (Å²) in [6, 6.07) is 13.9. The van der Waals surface area contributed by atoms with Gasteiger partial charge in [-0.15, -0.1) is 10.2 Å². The summed E-state index contributed by atoms with van der Waals surface area (Å²) in [5.41, 5.74) is 4.79. The molecule has 6 nitrogen and oxygen atoms in total. The van der Waals surface area contributed by atoms with Crippen LogP contribution in [0.2, 0.25) is 0 Å². The number of nitrogens with one attached hydrogen (secondary N) is 1. The van der Waals surface area contributed by atoms with Gasteiger partial charge in [0.05, 0.1) is 17.7 Å². The molecule has 0 bridgehead atoms. The lowest BCUT2D eigenvalue weighted by atomic mass is 10.0. The zero-order chi connectivity index (χ0) is 22.0. The standard InChI is InChI=1S/C24H24N4O2S/c1-4-22(29)26-20-10-9-17-18(20)6-5-7-19(17)24-28-27-23(31-24)15-8-11-21(30-14(2)3)16(12-15)13-25/h5-8,11-12,14,20H,4,9-10H2,1-3H3,(H,26,29)/t20-/m1/s1. The number of benzene rings is 2. The van der Waals surface area contributed by atoms with Crippen LogP contribution in [0.4, 0.5) is 0 Å². The number of fused-ring (bicyclic) bond motifs is 1. The van der Waals surface area contributed by atoms with E-state index in [9.17, 15) is 10.1 Å². The van der Waals surface area contributed by atoms with Gasteiger partial charge in [0.2, 0.25) is 5.91 Å². The molecule has 1 aliphatic rings. The average molecular weight is 433 g/mol. The normalized spacial score (nSPS) is 14.9. The van der Waals surface area contributed by atoms with Crippen molar-refractivity contribution in [3.63, 3.8) is 0 Å². The molecule has 1 atom stereocenters. The van der Waals surface area contributed by atoms with Crippen molar-refractivity contribution in [2.45, 2.75) is 52.2 Å². The van der Waals surface area contributed by atoms with Crippen LogP contribution in [-0.4, -0.2) is 22.2 Å². The quantitative estimate of drug-likeness (QED) is 0.589. The molecule has 158 valence electrons. The Balaban J connectivity index is 1.64. The monoisotopic (exact) mass is 432 g/mol. The minimum absolute atomic E-state index is 0.00260. The molecule has 1 aliphatic carbocycles. The Morgan fingerprint density at radius 3 is 2.84 bits per heavy atom. The third kappa shape index (κ3) is 4.30. The number of rotatable bonds is 6. The van der Waals surface area contributed by atoms with E-state index in [2.05, 4.69) is 33.7 Å². The Hall–Kier alpha value is -3.24. The van der Waals surface area contributed by atoms with Crippen LogP contribution in [0.25, 0.3) is 21.1 Å². The summed E-state index contributed by atoms with van der Waals surface area (Å²) in [6.45, 7) is 5.73. The van der Waals surface area contributed by atoms with E-state index in [1.807, 2.05) is 39.0 Å². The molecule has 1 amide bonds. The van der Waals surface area contributed by atoms with Gasteiger partial charge >= 0.3 is 0 Å². The van der Waals surface area contributed by atoms with E-state index in [1.54, 1.807) is 6.07 Å². The van der Waals surface area contributed by atoms with Crippen molar-refractivity contribution in [3.05, 3.63) is 53.1 Å². The lowest BCUT2D eigenvalue weighted by Gasteiger charge is -2.14. The lowest BCUT2D eigenvalue weighted by molar-refractivity contribution is -0.121. The van der Waals surface area contributed by atoms with Crippen molar-refractivity contribution in [3.8, 4) is 33.0 Å². The second-order valence-electron chi connectivity index (χ2n) is 7.79. The zero-order valence-corrected chi connectivity index (χ0v) is 18.6. The molecule has 2 aromatic carbocycles. The van der Waals surface area contributed by atoms with Crippen LogP contribution in [0, 0.1) is 11.3 Å². The van der Waals surface area contributed by atoms with Crippen molar-refractivity contribution in [2.24, 2.45) is 0 Å². The molecule has 0 radical (unpaired) electrons. The molecule has 0 aliphatic heterocycles. The van der Waals surface area contributed by atoms with Gasteiger partial charge in [-0.2, -0.15) is 5.26 Å². The minimum atomic E-state index is -0.00260. The Morgan fingerprint density at radius 1 is 1.29 bits per heavy atom. The highest BCUT2D eigenvalue weighted by molar-refractivity contribution is 7.17. The number of carbonyl (C=O) groups excluding carboxylic acids is 1. The Labute approximate surface area is 185 Å². The molecule has 3 aromatic rings. The number of ether oxygens (including phenoxy) is 1. The van der Waals surface area contributed by atoms with Gasteiger partial charge in [0.15, 0.2) is 0 Å². The summed E-state index contributed by atoms with van der Waals surface area (Å²) in [6.07, 6.45) is 2.27. The van der Waals surface area contributed by atoms with E-state index >= 15 is 0 Å². The summed E-state index contributed by atoms with van der Waals surface area (Å²) in [4.78, 5) is 11.9. The van der Waals surface area contributed by atoms with Crippen molar-refractivity contribution < 1.29 is 9.53 Å². The number of aromatic nitrogens is 2. The first-order chi connectivity index (χ1) is 15.0. The van der Waals surface area contributed by atoms with Gasteiger partial charge in [0, 0.05) is 17.5 Å². The number of nitriles is 1. The van der Waals surface area contributed by atoms with E-state index in [0.717, 1.165) is 39.5 Å². The van der Waals surface area contributed by atoms with Crippen molar-refractivity contribution in [1.29, 1.82) is 5.26 Å². The molecule has 0 saturated heterocycles. The Kier molecular flexibility index (Phi) is 6.01. The molecule has 0 fully saturated rings. The van der Waals surface area contributed by atoms with Crippen molar-refractivity contribution >= 4 is 17.2 Å².